The van der Waals surface area contributed by atoms with Crippen molar-refractivity contribution in [3.05, 3.63) is 76.9 Å². The van der Waals surface area contributed by atoms with Crippen LogP contribution in [0.5, 0.6) is 0 Å². The summed E-state index contributed by atoms with van der Waals surface area (Å²) in [5, 5.41) is 8.40. The van der Waals surface area contributed by atoms with E-state index in [0.717, 1.165) is 29.9 Å². The predicted molar refractivity (Wildman–Crippen MR) is 101 cm³/mol. The molecule has 0 aliphatic rings. The number of hydrogen-bond donors (Lipinski definition) is 2. The Hall–Kier alpha value is -2.14. The molecule has 1 heterocycles. The molecule has 4 nitrogen and oxygen atoms in total. The van der Waals surface area contributed by atoms with E-state index in [2.05, 4.69) is 34.7 Å². The van der Waals surface area contributed by atoms with Crippen LogP contribution in [0.1, 0.15) is 30.1 Å². The lowest BCUT2D eigenvalue weighted by Gasteiger charge is -2.18. The Morgan fingerprint density at radius 3 is 2.68 bits per heavy atom. The van der Waals surface area contributed by atoms with E-state index in [4.69, 9.17) is 21.9 Å². The molecule has 1 atom stereocenters. The van der Waals surface area contributed by atoms with Crippen LogP contribution in [0.15, 0.2) is 65.2 Å². The van der Waals surface area contributed by atoms with Crippen molar-refractivity contribution in [1.29, 1.82) is 0 Å². The van der Waals surface area contributed by atoms with E-state index >= 15 is 0 Å². The molecule has 3 aromatic rings. The Morgan fingerprint density at radius 1 is 1.08 bits per heavy atom. The van der Waals surface area contributed by atoms with Gasteiger partial charge in [0.25, 0.3) is 0 Å². The smallest absolute Gasteiger partial charge is 0.167 e. The van der Waals surface area contributed by atoms with E-state index in [1.807, 2.05) is 36.4 Å². The van der Waals surface area contributed by atoms with Crippen LogP contribution in [-0.2, 0) is 6.54 Å². The van der Waals surface area contributed by atoms with E-state index in [1.165, 1.54) is 5.56 Å². The Labute approximate surface area is 153 Å². The van der Waals surface area contributed by atoms with Crippen LogP contribution in [0, 0.1) is 0 Å². The fraction of sp³-hybridized carbons (Fsp3) is 0.250. The number of nitrogens with one attached hydrogen (secondary N) is 1. The van der Waals surface area contributed by atoms with Gasteiger partial charge in [0.1, 0.15) is 0 Å². The molecule has 130 valence electrons. The third-order valence-electron chi connectivity index (χ3n) is 4.10. The van der Waals surface area contributed by atoms with E-state index < -0.39 is 0 Å². The van der Waals surface area contributed by atoms with E-state index in [-0.39, 0.29) is 6.04 Å². The van der Waals surface area contributed by atoms with Crippen molar-refractivity contribution in [3.8, 4) is 11.3 Å². The van der Waals surface area contributed by atoms with Gasteiger partial charge in [-0.2, -0.15) is 0 Å². The van der Waals surface area contributed by atoms with Crippen LogP contribution in [-0.4, -0.2) is 11.7 Å². The minimum absolute atomic E-state index is 0.246. The van der Waals surface area contributed by atoms with Crippen molar-refractivity contribution < 1.29 is 4.52 Å². The summed E-state index contributed by atoms with van der Waals surface area (Å²) in [6.07, 6.45) is 1.96. The maximum Gasteiger partial charge on any atom is 0.167 e. The van der Waals surface area contributed by atoms with Crippen molar-refractivity contribution in [2.24, 2.45) is 5.73 Å². The molecule has 0 radical (unpaired) electrons. The van der Waals surface area contributed by atoms with Crippen molar-refractivity contribution in [3.63, 3.8) is 0 Å². The van der Waals surface area contributed by atoms with Gasteiger partial charge in [-0.05, 0) is 37.1 Å². The van der Waals surface area contributed by atoms with Gasteiger partial charge < -0.3 is 15.6 Å². The number of hydrogen-bond acceptors (Lipinski definition) is 4. The first kappa shape index (κ1) is 17.7. The first-order chi connectivity index (χ1) is 12.3. The Morgan fingerprint density at radius 2 is 1.92 bits per heavy atom. The predicted octanol–water partition coefficient (Wildman–Crippen LogP) is 4.56. The SMILES string of the molecule is NCCCC(NCc1cc(-c2cccc(Cl)c2)on1)c1ccccc1. The average molecular weight is 356 g/mol. The number of nitrogens with zero attached hydrogens (tertiary/aromatic N) is 1. The molecule has 0 aliphatic heterocycles. The van der Waals surface area contributed by atoms with Gasteiger partial charge in [0.15, 0.2) is 5.76 Å². The van der Waals surface area contributed by atoms with Gasteiger partial charge in [-0.15, -0.1) is 0 Å². The fourth-order valence-corrected chi connectivity index (χ4v) is 2.98. The zero-order valence-corrected chi connectivity index (χ0v) is 14.7. The molecule has 0 aliphatic carbocycles. The van der Waals surface area contributed by atoms with Crippen molar-refractivity contribution in [1.82, 2.24) is 10.5 Å². The number of aromatic nitrogens is 1. The number of rotatable bonds is 8. The first-order valence-corrected chi connectivity index (χ1v) is 8.84. The highest BCUT2D eigenvalue weighted by atomic mass is 35.5. The van der Waals surface area contributed by atoms with Gasteiger partial charge >= 0.3 is 0 Å². The first-order valence-electron chi connectivity index (χ1n) is 8.46. The van der Waals surface area contributed by atoms with E-state index in [9.17, 15) is 0 Å². The molecule has 0 saturated carbocycles. The molecule has 3 rings (SSSR count). The second-order valence-electron chi connectivity index (χ2n) is 5.97. The lowest BCUT2D eigenvalue weighted by Crippen LogP contribution is -2.22. The number of benzene rings is 2. The quantitative estimate of drug-likeness (QED) is 0.621. The molecule has 5 heteroatoms. The summed E-state index contributed by atoms with van der Waals surface area (Å²) in [6, 6.07) is 20.2. The summed E-state index contributed by atoms with van der Waals surface area (Å²) < 4.78 is 5.46. The molecular formula is C20H22ClN3O. The molecular weight excluding hydrogens is 334 g/mol. The lowest BCUT2D eigenvalue weighted by atomic mass is 10.0. The van der Waals surface area contributed by atoms with Gasteiger partial charge in [-0.1, -0.05) is 59.2 Å². The highest BCUT2D eigenvalue weighted by molar-refractivity contribution is 6.30. The second-order valence-corrected chi connectivity index (χ2v) is 6.40. The van der Waals surface area contributed by atoms with Gasteiger partial charge in [-0.3, -0.25) is 0 Å². The minimum Gasteiger partial charge on any atom is -0.356 e. The van der Waals surface area contributed by atoms with Gasteiger partial charge in [0.2, 0.25) is 0 Å². The van der Waals surface area contributed by atoms with Gasteiger partial charge in [0, 0.05) is 29.2 Å². The second kappa shape index (κ2) is 8.81. The molecule has 0 spiro atoms. The average Bonchev–Trinajstić information content (AvgIpc) is 3.12. The van der Waals surface area contributed by atoms with E-state index in [0.29, 0.717) is 18.1 Å². The topological polar surface area (TPSA) is 64.1 Å². The molecule has 0 amide bonds. The maximum atomic E-state index is 6.04. The molecule has 1 aromatic heterocycles. The third kappa shape index (κ3) is 4.92. The molecule has 3 N–H and O–H groups in total. The molecule has 0 bridgehead atoms. The van der Waals surface area contributed by atoms with E-state index in [1.54, 1.807) is 0 Å². The van der Waals surface area contributed by atoms with Gasteiger partial charge in [0.05, 0.1) is 5.69 Å². The summed E-state index contributed by atoms with van der Waals surface area (Å²) in [6.45, 7) is 1.32. The molecule has 0 fully saturated rings. The van der Waals surface area contributed by atoms with Crippen LogP contribution in [0.25, 0.3) is 11.3 Å². The van der Waals surface area contributed by atoms with Crippen molar-refractivity contribution in [2.45, 2.75) is 25.4 Å². The van der Waals surface area contributed by atoms with Crippen LogP contribution in [0.4, 0.5) is 0 Å². The zero-order valence-electron chi connectivity index (χ0n) is 14.0. The van der Waals surface area contributed by atoms with Crippen LogP contribution in [0.3, 0.4) is 0 Å². The number of nitrogens with two attached hydrogens (primary N) is 1. The highest BCUT2D eigenvalue weighted by Crippen LogP contribution is 2.24. The minimum atomic E-state index is 0.246. The molecule has 25 heavy (non-hydrogen) atoms. The molecule has 2 aromatic carbocycles. The van der Waals surface area contributed by atoms with Crippen molar-refractivity contribution in [2.75, 3.05) is 6.54 Å². The highest BCUT2D eigenvalue weighted by Gasteiger charge is 2.12. The normalized spacial score (nSPS) is 12.2. The summed E-state index contributed by atoms with van der Waals surface area (Å²) in [5.74, 6) is 0.720. The number of halogens is 1. The summed E-state index contributed by atoms with van der Waals surface area (Å²) >= 11 is 6.04. The van der Waals surface area contributed by atoms with Crippen LogP contribution >= 0.6 is 11.6 Å². The monoisotopic (exact) mass is 355 g/mol. The standard InChI is InChI=1S/C20H22ClN3O/c21-17-9-4-8-16(12-17)20-13-18(24-25-20)14-23-19(10-5-11-22)15-6-2-1-3-7-15/h1-4,6-9,12-13,19,23H,5,10-11,14,22H2. The largest absolute Gasteiger partial charge is 0.356 e. The van der Waals surface area contributed by atoms with Crippen LogP contribution in [0.2, 0.25) is 5.02 Å². The zero-order chi connectivity index (χ0) is 17.5. The fourth-order valence-electron chi connectivity index (χ4n) is 2.79. The molecule has 0 saturated heterocycles. The Kier molecular flexibility index (Phi) is 6.23. The summed E-state index contributed by atoms with van der Waals surface area (Å²) in [4.78, 5) is 0. The van der Waals surface area contributed by atoms with Crippen LogP contribution < -0.4 is 11.1 Å². The summed E-state index contributed by atoms with van der Waals surface area (Å²) in [5.41, 5.74) is 8.72. The molecule has 1 unspecified atom stereocenters. The summed E-state index contributed by atoms with van der Waals surface area (Å²) in [7, 11) is 0. The lowest BCUT2D eigenvalue weighted by molar-refractivity contribution is 0.411. The Bertz CT molecular complexity index is 788. The van der Waals surface area contributed by atoms with Gasteiger partial charge in [-0.25, -0.2) is 0 Å². The van der Waals surface area contributed by atoms with Crippen molar-refractivity contribution >= 4 is 11.6 Å². The third-order valence-corrected chi connectivity index (χ3v) is 4.33. The maximum absolute atomic E-state index is 6.04. The Balaban J connectivity index is 1.67.